The molecule has 184 valence electrons. The minimum absolute atomic E-state index is 0.259. The minimum Gasteiger partial charge on any atom is -0.503 e. The standard InChI is InChI=1S/C28H26N2O6/c1-4-36-28(33)20-10-14-21(15-11-20)30-25(19-8-6-5-7-9-19)23(26(31)27(30)32)24(29-35-3)18-12-16-22(34-2)17-13-18/h5-17,25,31H,4H2,1-3H3. The summed E-state index contributed by atoms with van der Waals surface area (Å²) < 4.78 is 10.3. The van der Waals surface area contributed by atoms with Gasteiger partial charge in [-0.25, -0.2) is 4.79 Å². The molecule has 1 atom stereocenters. The highest BCUT2D eigenvalue weighted by atomic mass is 16.6. The number of methoxy groups -OCH3 is 1. The molecule has 0 radical (unpaired) electrons. The van der Waals surface area contributed by atoms with Gasteiger partial charge in [0.25, 0.3) is 5.91 Å². The van der Waals surface area contributed by atoms with E-state index >= 15 is 0 Å². The Hall–Kier alpha value is -4.59. The van der Waals surface area contributed by atoms with Gasteiger partial charge in [0.05, 0.1) is 30.9 Å². The Labute approximate surface area is 209 Å². The Bertz CT molecular complexity index is 1300. The van der Waals surface area contributed by atoms with Crippen molar-refractivity contribution in [2.45, 2.75) is 13.0 Å². The van der Waals surface area contributed by atoms with Crippen LogP contribution in [0.2, 0.25) is 0 Å². The van der Waals surface area contributed by atoms with Crippen molar-refractivity contribution >= 4 is 23.3 Å². The molecule has 1 N–H and O–H groups in total. The Balaban J connectivity index is 1.83. The summed E-state index contributed by atoms with van der Waals surface area (Å²) in [6.45, 7) is 1.99. The van der Waals surface area contributed by atoms with Gasteiger partial charge < -0.3 is 19.4 Å². The second-order valence-electron chi connectivity index (χ2n) is 7.87. The third-order valence-electron chi connectivity index (χ3n) is 5.78. The summed E-state index contributed by atoms with van der Waals surface area (Å²) in [5.74, 6) is -0.837. The summed E-state index contributed by atoms with van der Waals surface area (Å²) >= 11 is 0. The molecule has 0 saturated carbocycles. The maximum atomic E-state index is 13.5. The Morgan fingerprint density at radius 3 is 2.17 bits per heavy atom. The molecular formula is C28H26N2O6. The smallest absolute Gasteiger partial charge is 0.338 e. The normalized spacial score (nSPS) is 15.8. The van der Waals surface area contributed by atoms with Crippen LogP contribution in [-0.2, 0) is 14.4 Å². The predicted molar refractivity (Wildman–Crippen MR) is 135 cm³/mol. The molecule has 0 saturated heterocycles. The lowest BCUT2D eigenvalue weighted by Gasteiger charge is -2.27. The van der Waals surface area contributed by atoms with Crippen LogP contribution in [0.25, 0.3) is 0 Å². The van der Waals surface area contributed by atoms with E-state index in [0.29, 0.717) is 33.8 Å². The zero-order valence-corrected chi connectivity index (χ0v) is 20.2. The Kier molecular flexibility index (Phi) is 7.34. The topological polar surface area (TPSA) is 97.7 Å². The molecule has 8 heteroatoms. The minimum atomic E-state index is -0.705. The van der Waals surface area contributed by atoms with Crippen LogP contribution in [0, 0.1) is 0 Å². The maximum Gasteiger partial charge on any atom is 0.338 e. The molecule has 1 aliphatic heterocycles. The Morgan fingerprint density at radius 1 is 0.944 bits per heavy atom. The fourth-order valence-corrected chi connectivity index (χ4v) is 4.13. The number of nitrogens with zero attached hydrogens (tertiary/aromatic N) is 2. The molecule has 3 aromatic rings. The number of esters is 1. The van der Waals surface area contributed by atoms with E-state index in [-0.39, 0.29) is 6.61 Å². The van der Waals surface area contributed by atoms with Crippen molar-refractivity contribution in [3.63, 3.8) is 0 Å². The van der Waals surface area contributed by atoms with E-state index in [1.54, 1.807) is 62.6 Å². The van der Waals surface area contributed by atoms with Crippen molar-refractivity contribution in [3.8, 4) is 5.75 Å². The highest BCUT2D eigenvalue weighted by Gasteiger charge is 2.44. The van der Waals surface area contributed by atoms with Gasteiger partial charge in [-0.15, -0.1) is 0 Å². The Morgan fingerprint density at radius 2 is 1.58 bits per heavy atom. The van der Waals surface area contributed by atoms with Crippen LogP contribution in [-0.4, -0.2) is 43.5 Å². The van der Waals surface area contributed by atoms with Crippen molar-refractivity contribution < 1.29 is 29.0 Å². The molecule has 36 heavy (non-hydrogen) atoms. The average Bonchev–Trinajstić information content (AvgIpc) is 3.18. The summed E-state index contributed by atoms with van der Waals surface area (Å²) in [5.41, 5.74) is 2.86. The number of amides is 1. The summed E-state index contributed by atoms with van der Waals surface area (Å²) in [6.07, 6.45) is 0. The summed E-state index contributed by atoms with van der Waals surface area (Å²) in [5, 5.41) is 15.3. The number of ether oxygens (including phenoxy) is 2. The number of anilines is 1. The first-order valence-corrected chi connectivity index (χ1v) is 11.3. The van der Waals surface area contributed by atoms with Crippen LogP contribution in [0.3, 0.4) is 0 Å². The SMILES string of the molecule is CCOC(=O)c1ccc(N2C(=O)C(O)=C(C(=NOC)c3ccc(OC)cc3)C2c2ccccc2)cc1. The number of rotatable bonds is 8. The third kappa shape index (κ3) is 4.65. The molecule has 0 aliphatic carbocycles. The fourth-order valence-electron chi connectivity index (χ4n) is 4.13. The number of oxime groups is 1. The molecule has 0 spiro atoms. The van der Waals surface area contributed by atoms with Gasteiger partial charge in [0.2, 0.25) is 0 Å². The molecular weight excluding hydrogens is 460 g/mol. The van der Waals surface area contributed by atoms with Gasteiger partial charge >= 0.3 is 5.97 Å². The van der Waals surface area contributed by atoms with E-state index in [4.69, 9.17) is 14.3 Å². The maximum absolute atomic E-state index is 13.5. The second-order valence-corrected chi connectivity index (χ2v) is 7.87. The van der Waals surface area contributed by atoms with Crippen LogP contribution in [0.4, 0.5) is 5.69 Å². The van der Waals surface area contributed by atoms with Gasteiger partial charge in [0, 0.05) is 11.3 Å². The number of hydrogen-bond acceptors (Lipinski definition) is 7. The third-order valence-corrected chi connectivity index (χ3v) is 5.78. The number of aliphatic hydroxyl groups excluding tert-OH is 1. The first-order chi connectivity index (χ1) is 17.5. The van der Waals surface area contributed by atoms with E-state index < -0.39 is 23.7 Å². The predicted octanol–water partition coefficient (Wildman–Crippen LogP) is 4.82. The van der Waals surface area contributed by atoms with Crippen molar-refractivity contribution in [1.29, 1.82) is 0 Å². The first-order valence-electron chi connectivity index (χ1n) is 11.3. The van der Waals surface area contributed by atoms with Gasteiger partial charge in [0.1, 0.15) is 18.6 Å². The largest absolute Gasteiger partial charge is 0.503 e. The van der Waals surface area contributed by atoms with Crippen molar-refractivity contribution in [3.05, 3.63) is 107 Å². The van der Waals surface area contributed by atoms with Crippen LogP contribution < -0.4 is 9.64 Å². The number of carbonyl (C=O) groups excluding carboxylic acids is 2. The number of benzene rings is 3. The molecule has 1 amide bonds. The first kappa shape index (κ1) is 24.5. The van der Waals surface area contributed by atoms with Gasteiger partial charge in [-0.1, -0.05) is 35.5 Å². The van der Waals surface area contributed by atoms with Gasteiger partial charge in [-0.3, -0.25) is 9.69 Å². The van der Waals surface area contributed by atoms with E-state index in [1.807, 2.05) is 30.3 Å². The molecule has 0 aromatic heterocycles. The molecule has 0 fully saturated rings. The zero-order valence-electron chi connectivity index (χ0n) is 20.2. The van der Waals surface area contributed by atoms with E-state index in [9.17, 15) is 14.7 Å². The highest BCUT2D eigenvalue weighted by Crippen LogP contribution is 2.42. The van der Waals surface area contributed by atoms with Crippen molar-refractivity contribution in [2.75, 3.05) is 25.7 Å². The number of aliphatic hydroxyl groups is 1. The van der Waals surface area contributed by atoms with Gasteiger partial charge in [-0.05, 0) is 61.0 Å². The van der Waals surface area contributed by atoms with Crippen LogP contribution in [0.15, 0.2) is 95.4 Å². The average molecular weight is 487 g/mol. The lowest BCUT2D eigenvalue weighted by Crippen LogP contribution is -2.31. The zero-order chi connectivity index (χ0) is 25.7. The summed E-state index contributed by atoms with van der Waals surface area (Å²) in [7, 11) is 2.97. The van der Waals surface area contributed by atoms with E-state index in [2.05, 4.69) is 5.16 Å². The monoisotopic (exact) mass is 486 g/mol. The van der Waals surface area contributed by atoms with E-state index in [0.717, 1.165) is 5.56 Å². The van der Waals surface area contributed by atoms with Crippen LogP contribution in [0.5, 0.6) is 5.75 Å². The molecule has 0 bridgehead atoms. The molecule has 8 nitrogen and oxygen atoms in total. The molecule has 1 heterocycles. The number of hydrogen-bond donors (Lipinski definition) is 1. The quantitative estimate of drug-likeness (QED) is 0.278. The van der Waals surface area contributed by atoms with Crippen molar-refractivity contribution in [1.82, 2.24) is 0 Å². The van der Waals surface area contributed by atoms with Gasteiger partial charge in [-0.2, -0.15) is 0 Å². The molecule has 3 aromatic carbocycles. The lowest BCUT2D eigenvalue weighted by molar-refractivity contribution is -0.117. The van der Waals surface area contributed by atoms with Crippen LogP contribution >= 0.6 is 0 Å². The molecule has 1 unspecified atom stereocenters. The highest BCUT2D eigenvalue weighted by molar-refractivity contribution is 6.22. The van der Waals surface area contributed by atoms with Gasteiger partial charge in [0.15, 0.2) is 5.76 Å². The lowest BCUT2D eigenvalue weighted by atomic mass is 9.92. The molecule has 4 rings (SSSR count). The molecule has 1 aliphatic rings. The van der Waals surface area contributed by atoms with Crippen LogP contribution in [0.1, 0.15) is 34.5 Å². The summed E-state index contributed by atoms with van der Waals surface area (Å²) in [4.78, 5) is 32.2. The van der Waals surface area contributed by atoms with Crippen molar-refractivity contribution in [2.24, 2.45) is 5.16 Å². The summed E-state index contributed by atoms with van der Waals surface area (Å²) in [6, 6.07) is 22.2. The number of carbonyl (C=O) groups is 2. The van der Waals surface area contributed by atoms with E-state index in [1.165, 1.54) is 12.0 Å². The fraction of sp³-hybridized carbons (Fsp3) is 0.179. The second kappa shape index (κ2) is 10.8.